The topological polar surface area (TPSA) is 21.3 Å². The molecule has 0 aliphatic rings. The summed E-state index contributed by atoms with van der Waals surface area (Å²) >= 11 is 0. The molecule has 0 unspecified atom stereocenters. The number of rotatable bonds is 2. The first kappa shape index (κ1) is 7.02. The summed E-state index contributed by atoms with van der Waals surface area (Å²) in [7, 11) is 1.44. The zero-order chi connectivity index (χ0) is 7.40. The van der Waals surface area contributed by atoms with Crippen LogP contribution in [0, 0.1) is 5.82 Å². The van der Waals surface area contributed by atoms with Gasteiger partial charge < -0.3 is 0 Å². The van der Waals surface area contributed by atoms with Crippen LogP contribution in [0.4, 0.5) is 10.1 Å². The fourth-order valence-electron chi connectivity index (χ4n) is 0.654. The monoisotopic (exact) mass is 141 g/mol. The quantitative estimate of drug-likeness (QED) is 0.634. The molecule has 0 aliphatic heterocycles. The van der Waals surface area contributed by atoms with Crippen LogP contribution in [0.25, 0.3) is 0 Å². The molecule has 1 aromatic rings. The van der Waals surface area contributed by atoms with Gasteiger partial charge >= 0.3 is 0 Å². The lowest BCUT2D eigenvalue weighted by molar-refractivity contribution is 0.268. The minimum atomic E-state index is -0.315. The highest BCUT2D eigenvalue weighted by atomic mass is 19.1. The van der Waals surface area contributed by atoms with Crippen molar-refractivity contribution in [1.82, 2.24) is 0 Å². The number of halogens is 1. The summed E-state index contributed by atoms with van der Waals surface area (Å²) in [5, 5.41) is 0. The van der Waals surface area contributed by atoms with E-state index in [1.165, 1.54) is 13.2 Å². The average molecular weight is 141 g/mol. The molecule has 0 radical (unpaired) electrons. The van der Waals surface area contributed by atoms with E-state index in [4.69, 9.17) is 0 Å². The molecule has 0 saturated carbocycles. The molecule has 3 heteroatoms. The van der Waals surface area contributed by atoms with Crippen LogP contribution in [-0.2, 0) is 4.84 Å². The molecule has 0 aromatic heterocycles. The Labute approximate surface area is 58.6 Å². The molecule has 0 saturated heterocycles. The molecule has 54 valence electrons. The fourth-order valence-corrected chi connectivity index (χ4v) is 0.654. The molecule has 0 bridgehead atoms. The van der Waals surface area contributed by atoms with Gasteiger partial charge in [-0.05, 0) is 12.1 Å². The molecule has 0 amide bonds. The van der Waals surface area contributed by atoms with Crippen molar-refractivity contribution in [3.8, 4) is 0 Å². The summed E-state index contributed by atoms with van der Waals surface area (Å²) < 4.78 is 12.6. The summed E-state index contributed by atoms with van der Waals surface area (Å²) in [6.45, 7) is 0. The Morgan fingerprint density at radius 2 is 2.10 bits per heavy atom. The van der Waals surface area contributed by atoms with Crippen molar-refractivity contribution < 1.29 is 9.23 Å². The third-order valence-corrected chi connectivity index (χ3v) is 1.09. The van der Waals surface area contributed by atoms with E-state index in [1.54, 1.807) is 18.2 Å². The molecule has 1 rings (SSSR count). The molecule has 0 spiro atoms. The first-order valence-corrected chi connectivity index (χ1v) is 2.88. The van der Waals surface area contributed by atoms with E-state index in [0.29, 0.717) is 5.69 Å². The highest BCUT2D eigenvalue weighted by molar-refractivity contribution is 5.41. The van der Waals surface area contributed by atoms with Crippen molar-refractivity contribution in [3.05, 3.63) is 30.1 Å². The average Bonchev–Trinajstić information content (AvgIpc) is 1.94. The van der Waals surface area contributed by atoms with Gasteiger partial charge in [-0.1, -0.05) is 12.1 Å². The van der Waals surface area contributed by atoms with Gasteiger partial charge in [-0.2, -0.15) is 0 Å². The van der Waals surface area contributed by atoms with Crippen molar-refractivity contribution in [2.45, 2.75) is 0 Å². The molecule has 10 heavy (non-hydrogen) atoms. The van der Waals surface area contributed by atoms with E-state index >= 15 is 0 Å². The lowest BCUT2D eigenvalue weighted by Crippen LogP contribution is -1.97. The molecule has 2 nitrogen and oxygen atoms in total. The van der Waals surface area contributed by atoms with E-state index in [-0.39, 0.29) is 5.82 Å². The number of nitrogens with one attached hydrogen (secondary N) is 1. The number of hydrogen-bond acceptors (Lipinski definition) is 2. The van der Waals surface area contributed by atoms with Crippen LogP contribution in [0.1, 0.15) is 0 Å². The Hall–Kier alpha value is -1.09. The first-order valence-electron chi connectivity index (χ1n) is 2.88. The minimum Gasteiger partial charge on any atom is -0.279 e. The molecule has 0 heterocycles. The third kappa shape index (κ3) is 1.45. The van der Waals surface area contributed by atoms with Crippen LogP contribution < -0.4 is 5.48 Å². The van der Waals surface area contributed by atoms with E-state index < -0.39 is 0 Å². The predicted molar refractivity (Wildman–Crippen MR) is 37.0 cm³/mol. The lowest BCUT2D eigenvalue weighted by Gasteiger charge is -2.01. The Balaban J connectivity index is 2.81. The van der Waals surface area contributed by atoms with E-state index in [0.717, 1.165) is 0 Å². The summed E-state index contributed by atoms with van der Waals surface area (Å²) in [6, 6.07) is 6.31. The molecule has 0 aliphatic carbocycles. The Kier molecular flexibility index (Phi) is 2.23. The van der Waals surface area contributed by atoms with Gasteiger partial charge in [0.1, 0.15) is 5.82 Å². The molecule has 1 aromatic carbocycles. The van der Waals surface area contributed by atoms with Gasteiger partial charge in [0.25, 0.3) is 0 Å². The standard InChI is InChI=1S/C7H8FNO/c1-10-9-7-5-3-2-4-6(7)8/h2-5,9H,1H3. The van der Waals surface area contributed by atoms with Crippen molar-refractivity contribution in [1.29, 1.82) is 0 Å². The van der Waals surface area contributed by atoms with E-state index in [2.05, 4.69) is 10.3 Å². The van der Waals surface area contributed by atoms with Gasteiger partial charge in [-0.3, -0.25) is 10.3 Å². The van der Waals surface area contributed by atoms with Crippen LogP contribution in [0.5, 0.6) is 0 Å². The van der Waals surface area contributed by atoms with Crippen LogP contribution in [0.2, 0.25) is 0 Å². The van der Waals surface area contributed by atoms with Crippen molar-refractivity contribution >= 4 is 5.69 Å². The molecule has 0 atom stereocenters. The Bertz CT molecular complexity index is 215. The van der Waals surface area contributed by atoms with Gasteiger partial charge in [-0.15, -0.1) is 0 Å². The van der Waals surface area contributed by atoms with E-state index in [1.807, 2.05) is 0 Å². The first-order chi connectivity index (χ1) is 4.84. The van der Waals surface area contributed by atoms with Gasteiger partial charge in [0.15, 0.2) is 0 Å². The molecular formula is C7H8FNO. The van der Waals surface area contributed by atoms with E-state index in [9.17, 15) is 4.39 Å². The van der Waals surface area contributed by atoms with Crippen molar-refractivity contribution in [2.24, 2.45) is 0 Å². The Morgan fingerprint density at radius 1 is 1.40 bits per heavy atom. The van der Waals surface area contributed by atoms with Crippen LogP contribution in [0.3, 0.4) is 0 Å². The second-order valence-electron chi connectivity index (χ2n) is 1.79. The number of anilines is 1. The zero-order valence-corrected chi connectivity index (χ0v) is 5.60. The van der Waals surface area contributed by atoms with Crippen LogP contribution >= 0.6 is 0 Å². The fraction of sp³-hybridized carbons (Fsp3) is 0.143. The van der Waals surface area contributed by atoms with Gasteiger partial charge in [0.2, 0.25) is 0 Å². The number of para-hydroxylation sites is 1. The predicted octanol–water partition coefficient (Wildman–Crippen LogP) is 1.80. The van der Waals surface area contributed by atoms with Crippen LogP contribution in [0.15, 0.2) is 24.3 Å². The molecule has 1 N–H and O–H groups in total. The highest BCUT2D eigenvalue weighted by Crippen LogP contribution is 2.11. The van der Waals surface area contributed by atoms with Gasteiger partial charge in [0.05, 0.1) is 12.8 Å². The van der Waals surface area contributed by atoms with Gasteiger partial charge in [-0.25, -0.2) is 4.39 Å². The second kappa shape index (κ2) is 3.17. The SMILES string of the molecule is CONc1ccccc1F. The summed E-state index contributed by atoms with van der Waals surface area (Å²) in [4.78, 5) is 4.52. The Morgan fingerprint density at radius 3 is 2.70 bits per heavy atom. The van der Waals surface area contributed by atoms with Crippen LogP contribution in [-0.4, -0.2) is 7.11 Å². The second-order valence-corrected chi connectivity index (χ2v) is 1.79. The number of benzene rings is 1. The third-order valence-electron chi connectivity index (χ3n) is 1.09. The summed E-state index contributed by atoms with van der Waals surface area (Å²) in [6.07, 6.45) is 0. The maximum absolute atomic E-state index is 12.6. The highest BCUT2D eigenvalue weighted by Gasteiger charge is 1.95. The lowest BCUT2D eigenvalue weighted by atomic mass is 10.3. The summed E-state index contributed by atoms with van der Waals surface area (Å²) in [5.41, 5.74) is 2.75. The molecule has 0 fully saturated rings. The minimum absolute atomic E-state index is 0.315. The summed E-state index contributed by atoms with van der Waals surface area (Å²) in [5.74, 6) is -0.315. The smallest absolute Gasteiger partial charge is 0.148 e. The maximum atomic E-state index is 12.6. The maximum Gasteiger partial charge on any atom is 0.148 e. The largest absolute Gasteiger partial charge is 0.279 e. The van der Waals surface area contributed by atoms with Crippen molar-refractivity contribution in [3.63, 3.8) is 0 Å². The zero-order valence-electron chi connectivity index (χ0n) is 5.60. The van der Waals surface area contributed by atoms with Gasteiger partial charge in [0, 0.05) is 0 Å². The van der Waals surface area contributed by atoms with Crippen molar-refractivity contribution in [2.75, 3.05) is 12.6 Å². The number of hydrogen-bond donors (Lipinski definition) is 1. The molecular weight excluding hydrogens is 133 g/mol. The normalized spacial score (nSPS) is 9.40.